The monoisotopic (exact) mass is 744 g/mol. The Morgan fingerprint density at radius 1 is 0.333 bits per heavy atom. The molecule has 0 radical (unpaired) electrons. The summed E-state index contributed by atoms with van der Waals surface area (Å²) in [7, 11) is 0. The Balaban J connectivity index is 1.09. The Labute approximate surface area is 335 Å². The van der Waals surface area contributed by atoms with Gasteiger partial charge in [0, 0.05) is 48.0 Å². The number of fused-ring (bicyclic) bond motifs is 6. The van der Waals surface area contributed by atoms with Crippen molar-refractivity contribution in [3.05, 3.63) is 218 Å². The standard InChI is InChI=1S/C54H36N2S/c1-3-15-37(16-4-1)40-33-41(38-17-5-2-6-18-38)35-42(34-40)39-29-31-43(32-30-39)55(51-26-14-28-53-54(51)48-23-9-12-27-52(48)57-53)44-19-13-20-45(36-44)56-49-24-10-7-21-46(49)47-22-8-11-25-50(47)56/h1-36H. The number of benzene rings is 9. The third-order valence-corrected chi connectivity index (χ3v) is 12.3. The van der Waals surface area contributed by atoms with Gasteiger partial charge >= 0.3 is 0 Å². The van der Waals surface area contributed by atoms with Crippen LogP contribution in [0, 0.1) is 0 Å². The normalized spacial score (nSPS) is 11.5. The molecule has 2 aromatic heterocycles. The lowest BCUT2D eigenvalue weighted by atomic mass is 9.93. The average molecular weight is 745 g/mol. The van der Waals surface area contributed by atoms with Crippen LogP contribution in [0.15, 0.2) is 218 Å². The third-order valence-electron chi connectivity index (χ3n) is 11.2. The van der Waals surface area contributed by atoms with Gasteiger partial charge in [0.2, 0.25) is 0 Å². The molecule has 0 saturated heterocycles. The van der Waals surface area contributed by atoms with Crippen LogP contribution in [0.25, 0.3) is 81.0 Å². The molecule has 0 unspecified atom stereocenters. The minimum Gasteiger partial charge on any atom is -0.310 e. The number of anilines is 3. The molecule has 0 aliphatic rings. The van der Waals surface area contributed by atoms with Crippen molar-refractivity contribution in [2.24, 2.45) is 0 Å². The molecule has 0 saturated carbocycles. The Kier molecular flexibility index (Phi) is 8.04. The fourth-order valence-corrected chi connectivity index (χ4v) is 9.66. The SMILES string of the molecule is c1ccc(-c2cc(-c3ccccc3)cc(-c3ccc(N(c4cccc(-n5c6ccccc6c6ccccc65)c4)c4cccc5sc6ccccc6c45)cc3)c2)cc1. The van der Waals surface area contributed by atoms with Gasteiger partial charge in [-0.2, -0.15) is 0 Å². The van der Waals surface area contributed by atoms with Crippen LogP contribution in [-0.2, 0) is 0 Å². The van der Waals surface area contributed by atoms with Crippen LogP contribution in [0.4, 0.5) is 17.1 Å². The van der Waals surface area contributed by atoms with E-state index in [1.54, 1.807) is 0 Å². The molecule has 0 aliphatic carbocycles. The maximum absolute atomic E-state index is 2.44. The molecule has 0 amide bonds. The van der Waals surface area contributed by atoms with Gasteiger partial charge in [-0.3, -0.25) is 0 Å². The zero-order valence-corrected chi connectivity index (χ0v) is 31.9. The predicted molar refractivity (Wildman–Crippen MR) is 245 cm³/mol. The largest absolute Gasteiger partial charge is 0.310 e. The average Bonchev–Trinajstić information content (AvgIpc) is 3.84. The van der Waals surface area contributed by atoms with E-state index >= 15 is 0 Å². The minimum atomic E-state index is 1.10. The Bertz CT molecular complexity index is 3120. The maximum Gasteiger partial charge on any atom is 0.0554 e. The van der Waals surface area contributed by atoms with Crippen LogP contribution >= 0.6 is 11.3 Å². The minimum absolute atomic E-state index is 1.10. The number of rotatable bonds is 7. The van der Waals surface area contributed by atoms with E-state index in [1.165, 1.54) is 75.4 Å². The van der Waals surface area contributed by atoms with Gasteiger partial charge in [0.25, 0.3) is 0 Å². The molecule has 0 fully saturated rings. The van der Waals surface area contributed by atoms with Crippen LogP contribution in [-0.4, -0.2) is 4.57 Å². The summed E-state index contributed by atoms with van der Waals surface area (Å²) in [6, 6.07) is 79.4. The Morgan fingerprint density at radius 2 is 0.842 bits per heavy atom. The van der Waals surface area contributed by atoms with Crippen LogP contribution in [0.3, 0.4) is 0 Å². The van der Waals surface area contributed by atoms with Crippen molar-refractivity contribution in [2.75, 3.05) is 4.90 Å². The number of hydrogen-bond donors (Lipinski definition) is 0. The van der Waals surface area contributed by atoms with Crippen LogP contribution < -0.4 is 4.90 Å². The van der Waals surface area contributed by atoms with Crippen molar-refractivity contribution in [2.45, 2.75) is 0 Å². The van der Waals surface area contributed by atoms with E-state index in [0.717, 1.165) is 22.7 Å². The molecule has 11 aromatic rings. The molecule has 3 heteroatoms. The second-order valence-corrected chi connectivity index (χ2v) is 15.6. The Hall–Kier alpha value is -7.20. The summed E-state index contributed by atoms with van der Waals surface area (Å²) in [5.74, 6) is 0. The first-order chi connectivity index (χ1) is 28.3. The maximum atomic E-state index is 2.44. The highest BCUT2D eigenvalue weighted by Crippen LogP contribution is 2.46. The molecule has 0 spiro atoms. The summed E-state index contributed by atoms with van der Waals surface area (Å²) < 4.78 is 4.97. The first kappa shape index (κ1) is 33.2. The van der Waals surface area contributed by atoms with Gasteiger partial charge in [-0.05, 0) is 112 Å². The molecule has 0 bridgehead atoms. The Morgan fingerprint density at radius 3 is 1.47 bits per heavy atom. The topological polar surface area (TPSA) is 8.17 Å². The lowest BCUT2D eigenvalue weighted by Crippen LogP contribution is -2.11. The molecule has 11 rings (SSSR count). The first-order valence-electron chi connectivity index (χ1n) is 19.4. The molecule has 2 heterocycles. The summed E-state index contributed by atoms with van der Waals surface area (Å²) in [6.07, 6.45) is 0. The predicted octanol–water partition coefficient (Wildman–Crippen LogP) is 15.6. The lowest BCUT2D eigenvalue weighted by molar-refractivity contribution is 1.17. The summed E-state index contributed by atoms with van der Waals surface area (Å²) in [6.45, 7) is 0. The highest BCUT2D eigenvalue weighted by Gasteiger charge is 2.20. The molecule has 9 aromatic carbocycles. The summed E-state index contributed by atoms with van der Waals surface area (Å²) in [5, 5.41) is 5.06. The van der Waals surface area contributed by atoms with Crippen LogP contribution in [0.5, 0.6) is 0 Å². The van der Waals surface area contributed by atoms with Gasteiger partial charge in [0.1, 0.15) is 0 Å². The van der Waals surface area contributed by atoms with E-state index < -0.39 is 0 Å². The summed E-state index contributed by atoms with van der Waals surface area (Å²) in [5.41, 5.74) is 14.1. The smallest absolute Gasteiger partial charge is 0.0554 e. The molecule has 0 atom stereocenters. The number of thiophene rings is 1. The summed E-state index contributed by atoms with van der Waals surface area (Å²) in [4.78, 5) is 2.44. The van der Waals surface area contributed by atoms with E-state index in [4.69, 9.17) is 0 Å². The molecule has 0 N–H and O–H groups in total. The molecular formula is C54H36N2S. The fraction of sp³-hybridized carbons (Fsp3) is 0. The van der Waals surface area contributed by atoms with Crippen LogP contribution in [0.1, 0.15) is 0 Å². The van der Waals surface area contributed by atoms with Gasteiger partial charge in [-0.1, -0.05) is 140 Å². The van der Waals surface area contributed by atoms with E-state index in [0.29, 0.717) is 0 Å². The van der Waals surface area contributed by atoms with Crippen molar-refractivity contribution in [1.29, 1.82) is 0 Å². The van der Waals surface area contributed by atoms with Crippen molar-refractivity contribution < 1.29 is 0 Å². The zero-order chi connectivity index (χ0) is 37.7. The molecule has 2 nitrogen and oxygen atoms in total. The van der Waals surface area contributed by atoms with E-state index in [9.17, 15) is 0 Å². The number of para-hydroxylation sites is 2. The third kappa shape index (κ3) is 5.80. The van der Waals surface area contributed by atoms with Crippen molar-refractivity contribution in [3.8, 4) is 39.1 Å². The molecule has 57 heavy (non-hydrogen) atoms. The van der Waals surface area contributed by atoms with Crippen molar-refractivity contribution >= 4 is 70.4 Å². The molecular weight excluding hydrogens is 709 g/mol. The number of aromatic nitrogens is 1. The highest BCUT2D eigenvalue weighted by molar-refractivity contribution is 7.26. The summed E-state index contributed by atoms with van der Waals surface area (Å²) >= 11 is 1.86. The van der Waals surface area contributed by atoms with Crippen molar-refractivity contribution in [1.82, 2.24) is 4.57 Å². The van der Waals surface area contributed by atoms with Gasteiger partial charge < -0.3 is 9.47 Å². The molecule has 0 aliphatic heterocycles. The second-order valence-electron chi connectivity index (χ2n) is 14.6. The number of hydrogen-bond acceptors (Lipinski definition) is 2. The van der Waals surface area contributed by atoms with E-state index in [2.05, 4.69) is 228 Å². The fourth-order valence-electron chi connectivity index (χ4n) is 8.53. The second kappa shape index (κ2) is 13.8. The number of nitrogens with zero attached hydrogens (tertiary/aromatic N) is 2. The van der Waals surface area contributed by atoms with E-state index in [-0.39, 0.29) is 0 Å². The van der Waals surface area contributed by atoms with Gasteiger partial charge in [-0.15, -0.1) is 11.3 Å². The lowest BCUT2D eigenvalue weighted by Gasteiger charge is -2.27. The molecule has 268 valence electrons. The van der Waals surface area contributed by atoms with Gasteiger partial charge in [0.15, 0.2) is 0 Å². The van der Waals surface area contributed by atoms with E-state index in [1.807, 2.05) is 11.3 Å². The quantitative estimate of drug-likeness (QED) is 0.158. The van der Waals surface area contributed by atoms with Crippen molar-refractivity contribution in [3.63, 3.8) is 0 Å². The zero-order valence-electron chi connectivity index (χ0n) is 31.1. The first-order valence-corrected chi connectivity index (χ1v) is 20.2. The van der Waals surface area contributed by atoms with Gasteiger partial charge in [-0.25, -0.2) is 0 Å². The van der Waals surface area contributed by atoms with Crippen LogP contribution in [0.2, 0.25) is 0 Å². The van der Waals surface area contributed by atoms with Gasteiger partial charge in [0.05, 0.1) is 16.7 Å². The highest BCUT2D eigenvalue weighted by atomic mass is 32.1.